The van der Waals surface area contributed by atoms with E-state index in [0.717, 1.165) is 29.0 Å². The van der Waals surface area contributed by atoms with E-state index in [1.807, 2.05) is 22.9 Å². The maximum atomic E-state index is 12.8. The Morgan fingerprint density at radius 1 is 1.14 bits per heavy atom. The fourth-order valence-corrected chi connectivity index (χ4v) is 3.52. The van der Waals surface area contributed by atoms with E-state index in [2.05, 4.69) is 15.3 Å². The van der Waals surface area contributed by atoms with Crippen molar-refractivity contribution in [3.8, 4) is 0 Å². The van der Waals surface area contributed by atoms with E-state index in [-0.39, 0.29) is 16.6 Å². The number of amides is 1. The number of anilines is 1. The Morgan fingerprint density at radius 3 is 2.61 bits per heavy atom. The Balaban J connectivity index is 1.48. The number of carbonyl (C=O) groups is 1. The molecule has 1 amide bonds. The van der Waals surface area contributed by atoms with Gasteiger partial charge in [0.25, 0.3) is 5.91 Å². The molecular weight excluding hydrogens is 389 g/mol. The molecule has 4 aromatic rings. The normalized spacial score (nSPS) is 11.7. The summed E-state index contributed by atoms with van der Waals surface area (Å²) in [5.74, 6) is -0.371. The van der Waals surface area contributed by atoms with Crippen molar-refractivity contribution in [1.82, 2.24) is 14.5 Å². The van der Waals surface area contributed by atoms with Gasteiger partial charge in [0, 0.05) is 24.5 Å². The first-order valence-corrected chi connectivity index (χ1v) is 9.04. The molecule has 5 nitrogen and oxygen atoms in total. The van der Waals surface area contributed by atoms with Gasteiger partial charge in [0.15, 0.2) is 5.13 Å². The lowest BCUT2D eigenvalue weighted by atomic mass is 10.1. The summed E-state index contributed by atoms with van der Waals surface area (Å²) in [4.78, 5) is 20.5. The number of halogens is 3. The van der Waals surface area contributed by atoms with Gasteiger partial charge in [-0.1, -0.05) is 23.5 Å². The van der Waals surface area contributed by atoms with Gasteiger partial charge in [0.05, 0.1) is 22.1 Å². The molecule has 142 valence electrons. The molecule has 0 fully saturated rings. The number of hydrogen-bond donors (Lipinski definition) is 1. The Labute approximate surface area is 161 Å². The molecule has 0 saturated heterocycles. The van der Waals surface area contributed by atoms with Crippen molar-refractivity contribution in [2.24, 2.45) is 0 Å². The first kappa shape index (κ1) is 18.2. The molecule has 0 radical (unpaired) electrons. The number of benzene rings is 2. The number of hydrogen-bond acceptors (Lipinski definition) is 4. The van der Waals surface area contributed by atoms with Crippen molar-refractivity contribution in [3.05, 3.63) is 77.9 Å². The van der Waals surface area contributed by atoms with E-state index in [1.54, 1.807) is 24.7 Å². The number of thiazole rings is 1. The number of rotatable bonds is 4. The number of imidazole rings is 1. The first-order chi connectivity index (χ1) is 13.4. The molecule has 0 aliphatic rings. The van der Waals surface area contributed by atoms with Crippen molar-refractivity contribution < 1.29 is 18.0 Å². The zero-order chi connectivity index (χ0) is 19.7. The lowest BCUT2D eigenvalue weighted by molar-refractivity contribution is -0.137. The van der Waals surface area contributed by atoms with Gasteiger partial charge in [0.2, 0.25) is 0 Å². The minimum Gasteiger partial charge on any atom is -0.333 e. The third kappa shape index (κ3) is 3.89. The summed E-state index contributed by atoms with van der Waals surface area (Å²) >= 11 is 1.12. The second-order valence-corrected chi connectivity index (χ2v) is 7.12. The van der Waals surface area contributed by atoms with Crippen LogP contribution in [0.15, 0.2) is 61.2 Å². The van der Waals surface area contributed by atoms with Gasteiger partial charge in [-0.05, 0) is 35.9 Å². The first-order valence-electron chi connectivity index (χ1n) is 8.22. The molecule has 0 spiro atoms. The van der Waals surface area contributed by atoms with Crippen LogP contribution in [0.3, 0.4) is 0 Å². The molecule has 1 N–H and O–H groups in total. The van der Waals surface area contributed by atoms with Crippen molar-refractivity contribution in [1.29, 1.82) is 0 Å². The average Bonchev–Trinajstić information content (AvgIpc) is 3.29. The molecule has 2 aromatic carbocycles. The number of nitrogens with one attached hydrogen (secondary N) is 1. The van der Waals surface area contributed by atoms with Gasteiger partial charge in [-0.3, -0.25) is 10.1 Å². The molecule has 4 rings (SSSR count). The predicted octanol–water partition coefficient (Wildman–Crippen LogP) is 4.81. The molecule has 0 atom stereocenters. The van der Waals surface area contributed by atoms with E-state index >= 15 is 0 Å². The molecule has 0 aliphatic heterocycles. The van der Waals surface area contributed by atoms with Crippen LogP contribution < -0.4 is 5.32 Å². The smallest absolute Gasteiger partial charge is 0.333 e. The van der Waals surface area contributed by atoms with Crippen LogP contribution in [0.1, 0.15) is 21.5 Å². The van der Waals surface area contributed by atoms with Crippen LogP contribution in [0, 0.1) is 0 Å². The highest BCUT2D eigenvalue weighted by Gasteiger charge is 2.30. The average molecular weight is 402 g/mol. The second kappa shape index (κ2) is 7.08. The highest BCUT2D eigenvalue weighted by molar-refractivity contribution is 7.22. The number of carbonyl (C=O) groups excluding carboxylic acids is 1. The molecular formula is C19H13F3N4OS. The zero-order valence-electron chi connectivity index (χ0n) is 14.3. The van der Waals surface area contributed by atoms with E-state index in [9.17, 15) is 18.0 Å². The Hall–Kier alpha value is -3.20. The lowest BCUT2D eigenvalue weighted by Gasteiger charge is -2.05. The fourth-order valence-electron chi connectivity index (χ4n) is 2.68. The van der Waals surface area contributed by atoms with Gasteiger partial charge in [-0.2, -0.15) is 13.2 Å². The van der Waals surface area contributed by atoms with Crippen LogP contribution in [0.4, 0.5) is 18.3 Å². The summed E-state index contributed by atoms with van der Waals surface area (Å²) < 4.78 is 40.9. The molecule has 9 heteroatoms. The van der Waals surface area contributed by atoms with Crippen molar-refractivity contribution in [2.75, 3.05) is 5.32 Å². The maximum absolute atomic E-state index is 12.8. The summed E-state index contributed by atoms with van der Waals surface area (Å²) in [6, 6.07) is 10.4. The fraction of sp³-hybridized carbons (Fsp3) is 0.105. The van der Waals surface area contributed by atoms with Crippen molar-refractivity contribution >= 4 is 32.6 Å². The number of alkyl halides is 3. The molecule has 0 saturated carbocycles. The number of nitrogens with zero attached hydrogens (tertiary/aromatic N) is 3. The minimum atomic E-state index is -4.43. The SMILES string of the molecule is O=C(Nc1nc2cc(C(F)(F)F)ccc2s1)c1ccc(Cn2ccnc2)cc1. The molecule has 28 heavy (non-hydrogen) atoms. The van der Waals surface area contributed by atoms with E-state index in [0.29, 0.717) is 16.8 Å². The summed E-state index contributed by atoms with van der Waals surface area (Å²) in [5, 5.41) is 2.89. The predicted molar refractivity (Wildman–Crippen MR) is 100 cm³/mol. The Kier molecular flexibility index (Phi) is 4.60. The van der Waals surface area contributed by atoms with Gasteiger partial charge >= 0.3 is 6.18 Å². The highest BCUT2D eigenvalue weighted by atomic mass is 32.1. The zero-order valence-corrected chi connectivity index (χ0v) is 15.1. The largest absolute Gasteiger partial charge is 0.416 e. The third-order valence-electron chi connectivity index (χ3n) is 4.08. The van der Waals surface area contributed by atoms with E-state index < -0.39 is 11.7 Å². The van der Waals surface area contributed by atoms with Gasteiger partial charge in [-0.15, -0.1) is 0 Å². The van der Waals surface area contributed by atoms with Crippen molar-refractivity contribution in [2.45, 2.75) is 12.7 Å². The van der Waals surface area contributed by atoms with Crippen LogP contribution in [-0.4, -0.2) is 20.4 Å². The van der Waals surface area contributed by atoms with Crippen LogP contribution >= 0.6 is 11.3 Å². The monoisotopic (exact) mass is 402 g/mol. The van der Waals surface area contributed by atoms with Crippen LogP contribution in [-0.2, 0) is 12.7 Å². The lowest BCUT2D eigenvalue weighted by Crippen LogP contribution is -2.11. The van der Waals surface area contributed by atoms with Crippen LogP contribution in [0.5, 0.6) is 0 Å². The van der Waals surface area contributed by atoms with Gasteiger partial charge < -0.3 is 4.57 Å². The van der Waals surface area contributed by atoms with Gasteiger partial charge in [0.1, 0.15) is 0 Å². The molecule has 0 bridgehead atoms. The Morgan fingerprint density at radius 2 is 1.93 bits per heavy atom. The molecule has 0 unspecified atom stereocenters. The summed E-state index contributed by atoms with van der Waals surface area (Å²) in [6.45, 7) is 0.640. The second-order valence-electron chi connectivity index (χ2n) is 6.09. The summed E-state index contributed by atoms with van der Waals surface area (Å²) in [6.07, 6.45) is 0.813. The van der Waals surface area contributed by atoms with Crippen molar-refractivity contribution in [3.63, 3.8) is 0 Å². The van der Waals surface area contributed by atoms with Crippen LogP contribution in [0.2, 0.25) is 0 Å². The third-order valence-corrected chi connectivity index (χ3v) is 5.03. The number of aromatic nitrogens is 3. The highest BCUT2D eigenvalue weighted by Crippen LogP contribution is 2.34. The molecule has 0 aliphatic carbocycles. The standard InChI is InChI=1S/C19H13F3N4OS/c20-19(21,22)14-5-6-16-15(9-14)24-18(28-16)25-17(27)13-3-1-12(2-4-13)10-26-8-7-23-11-26/h1-9,11H,10H2,(H,24,25,27). The van der Waals surface area contributed by atoms with E-state index in [4.69, 9.17) is 0 Å². The molecule has 2 heterocycles. The summed E-state index contributed by atoms with van der Waals surface area (Å²) in [7, 11) is 0. The quantitative estimate of drug-likeness (QED) is 0.533. The maximum Gasteiger partial charge on any atom is 0.416 e. The number of fused-ring (bicyclic) bond motifs is 1. The Bertz CT molecular complexity index is 1120. The molecule has 2 aromatic heterocycles. The topological polar surface area (TPSA) is 59.8 Å². The summed E-state index contributed by atoms with van der Waals surface area (Å²) in [5.41, 5.74) is 0.876. The minimum absolute atomic E-state index is 0.200. The van der Waals surface area contributed by atoms with Gasteiger partial charge in [-0.25, -0.2) is 9.97 Å². The van der Waals surface area contributed by atoms with Crippen LogP contribution in [0.25, 0.3) is 10.2 Å². The van der Waals surface area contributed by atoms with E-state index in [1.165, 1.54) is 6.07 Å².